The van der Waals surface area contributed by atoms with Crippen molar-refractivity contribution in [2.45, 2.75) is 6.10 Å². The van der Waals surface area contributed by atoms with Gasteiger partial charge in [-0.2, -0.15) is 5.10 Å². The van der Waals surface area contributed by atoms with Crippen LogP contribution in [0.2, 0.25) is 0 Å². The van der Waals surface area contributed by atoms with Gasteiger partial charge in [0.1, 0.15) is 0 Å². The van der Waals surface area contributed by atoms with E-state index in [2.05, 4.69) is 26.5 Å². The number of halogens is 1. The molecule has 0 bridgehead atoms. The van der Waals surface area contributed by atoms with Crippen molar-refractivity contribution in [3.05, 3.63) is 56.7 Å². The normalized spacial score (nSPS) is 12.5. The van der Waals surface area contributed by atoms with Crippen molar-refractivity contribution in [3.63, 3.8) is 0 Å². The van der Waals surface area contributed by atoms with Crippen LogP contribution in [-0.2, 0) is 4.79 Å². The zero-order chi connectivity index (χ0) is 13.7. The van der Waals surface area contributed by atoms with E-state index in [-0.39, 0.29) is 0 Å². The first-order chi connectivity index (χ1) is 9.16. The number of aliphatic hydroxyl groups excluding tert-OH is 1. The van der Waals surface area contributed by atoms with Gasteiger partial charge in [0.2, 0.25) is 0 Å². The second kappa shape index (κ2) is 6.60. The number of carbonyl (C=O) groups excluding carboxylic acids is 1. The molecule has 0 fully saturated rings. The summed E-state index contributed by atoms with van der Waals surface area (Å²) in [5, 5.41) is 13.6. The Kier molecular flexibility index (Phi) is 4.84. The number of aliphatic hydroxyl groups is 1. The Morgan fingerprint density at radius 1 is 1.32 bits per heavy atom. The van der Waals surface area contributed by atoms with E-state index in [4.69, 9.17) is 0 Å². The van der Waals surface area contributed by atoms with Crippen molar-refractivity contribution in [1.29, 1.82) is 0 Å². The van der Waals surface area contributed by atoms with Gasteiger partial charge in [-0.1, -0.05) is 30.3 Å². The van der Waals surface area contributed by atoms with Gasteiger partial charge in [0, 0.05) is 4.88 Å². The number of nitrogens with one attached hydrogen (secondary N) is 1. The fourth-order valence-electron chi connectivity index (χ4n) is 1.41. The summed E-state index contributed by atoms with van der Waals surface area (Å²) in [7, 11) is 0. The van der Waals surface area contributed by atoms with Crippen molar-refractivity contribution in [1.82, 2.24) is 5.43 Å². The third-order valence-corrected chi connectivity index (χ3v) is 3.88. The lowest BCUT2D eigenvalue weighted by atomic mass is 10.1. The highest BCUT2D eigenvalue weighted by Gasteiger charge is 2.15. The molecule has 1 atom stereocenters. The second-order valence-corrected chi connectivity index (χ2v) is 6.18. The molecule has 0 saturated heterocycles. The van der Waals surface area contributed by atoms with Crippen LogP contribution in [0.1, 0.15) is 16.5 Å². The number of thiophene rings is 1. The molecular formula is C13H11BrN2O2S. The van der Waals surface area contributed by atoms with E-state index in [0.29, 0.717) is 5.56 Å². The molecule has 0 aliphatic heterocycles. The highest BCUT2D eigenvalue weighted by atomic mass is 79.9. The first kappa shape index (κ1) is 13.9. The molecule has 0 unspecified atom stereocenters. The molecule has 0 aliphatic carbocycles. The molecule has 98 valence electrons. The maximum Gasteiger partial charge on any atom is 0.273 e. The smallest absolute Gasteiger partial charge is 0.273 e. The van der Waals surface area contributed by atoms with Gasteiger partial charge < -0.3 is 5.11 Å². The van der Waals surface area contributed by atoms with Crippen molar-refractivity contribution in [3.8, 4) is 0 Å². The number of benzene rings is 1. The fourth-order valence-corrected chi connectivity index (χ4v) is 2.70. The van der Waals surface area contributed by atoms with Gasteiger partial charge in [0.05, 0.1) is 10.0 Å². The van der Waals surface area contributed by atoms with Crippen LogP contribution in [0, 0.1) is 0 Å². The molecule has 2 rings (SSSR count). The monoisotopic (exact) mass is 338 g/mol. The molecule has 0 spiro atoms. The average molecular weight is 339 g/mol. The number of amides is 1. The average Bonchev–Trinajstić information content (AvgIpc) is 2.84. The predicted octanol–water partition coefficient (Wildman–Crippen LogP) is 2.69. The lowest BCUT2D eigenvalue weighted by Crippen LogP contribution is -2.25. The molecule has 6 heteroatoms. The minimum atomic E-state index is -1.21. The van der Waals surface area contributed by atoms with E-state index in [1.54, 1.807) is 24.3 Å². The molecule has 1 heterocycles. The quantitative estimate of drug-likeness (QED) is 0.665. The summed E-state index contributed by atoms with van der Waals surface area (Å²) in [6, 6.07) is 12.5. The van der Waals surface area contributed by atoms with Crippen LogP contribution in [0.5, 0.6) is 0 Å². The zero-order valence-corrected chi connectivity index (χ0v) is 12.2. The minimum absolute atomic E-state index is 0.536. The van der Waals surface area contributed by atoms with Gasteiger partial charge in [-0.15, -0.1) is 11.3 Å². The third-order valence-electron chi connectivity index (χ3n) is 2.32. The van der Waals surface area contributed by atoms with Gasteiger partial charge in [0.25, 0.3) is 5.91 Å². The van der Waals surface area contributed by atoms with E-state index in [9.17, 15) is 9.90 Å². The number of rotatable bonds is 4. The summed E-state index contributed by atoms with van der Waals surface area (Å²) in [6.07, 6.45) is 0.318. The minimum Gasteiger partial charge on any atom is -0.378 e. The van der Waals surface area contributed by atoms with Gasteiger partial charge >= 0.3 is 0 Å². The molecule has 2 aromatic rings. The summed E-state index contributed by atoms with van der Waals surface area (Å²) < 4.78 is 0.990. The Labute approximate surface area is 122 Å². The van der Waals surface area contributed by atoms with Gasteiger partial charge in [-0.3, -0.25) is 4.79 Å². The maximum atomic E-state index is 11.7. The van der Waals surface area contributed by atoms with E-state index in [1.165, 1.54) is 17.6 Å². The van der Waals surface area contributed by atoms with Crippen molar-refractivity contribution < 1.29 is 9.90 Å². The Bertz CT molecular complexity index is 583. The van der Waals surface area contributed by atoms with Crippen LogP contribution in [0.4, 0.5) is 0 Å². The molecule has 1 amide bonds. The standard InChI is InChI=1S/C13H11BrN2O2S/c14-11-7-6-10(19-11)8-15-16-13(18)12(17)9-4-2-1-3-5-9/h1-8,12,17H,(H,16,18)/b15-8-/t12-/m1/s1. The number of carbonyl (C=O) groups is 1. The second-order valence-electron chi connectivity index (χ2n) is 3.69. The van der Waals surface area contributed by atoms with Gasteiger partial charge in [-0.25, -0.2) is 5.43 Å². The van der Waals surface area contributed by atoms with E-state index < -0.39 is 12.0 Å². The summed E-state index contributed by atoms with van der Waals surface area (Å²) in [5.41, 5.74) is 2.85. The van der Waals surface area contributed by atoms with E-state index >= 15 is 0 Å². The lowest BCUT2D eigenvalue weighted by Gasteiger charge is -2.08. The summed E-state index contributed by atoms with van der Waals surface area (Å²) in [5.74, 6) is -0.557. The molecule has 1 aromatic carbocycles. The molecule has 4 nitrogen and oxygen atoms in total. The molecule has 0 saturated carbocycles. The summed E-state index contributed by atoms with van der Waals surface area (Å²) in [6.45, 7) is 0. The van der Waals surface area contributed by atoms with Gasteiger partial charge in [0.15, 0.2) is 6.10 Å². The molecule has 0 aliphatic rings. The van der Waals surface area contributed by atoms with E-state index in [1.807, 2.05) is 18.2 Å². The van der Waals surface area contributed by atoms with Crippen LogP contribution in [0.25, 0.3) is 0 Å². The van der Waals surface area contributed by atoms with Crippen LogP contribution in [-0.4, -0.2) is 17.2 Å². The van der Waals surface area contributed by atoms with Gasteiger partial charge in [-0.05, 0) is 33.6 Å². The Balaban J connectivity index is 1.93. The third kappa shape index (κ3) is 3.99. The molecule has 2 N–H and O–H groups in total. The Morgan fingerprint density at radius 2 is 2.05 bits per heavy atom. The van der Waals surface area contributed by atoms with Crippen LogP contribution < -0.4 is 5.43 Å². The number of nitrogens with zero attached hydrogens (tertiary/aromatic N) is 1. The Morgan fingerprint density at radius 3 is 2.68 bits per heavy atom. The van der Waals surface area contributed by atoms with Crippen LogP contribution >= 0.6 is 27.3 Å². The first-order valence-electron chi connectivity index (χ1n) is 5.48. The molecule has 0 radical (unpaired) electrons. The highest BCUT2D eigenvalue weighted by Crippen LogP contribution is 2.20. The maximum absolute atomic E-state index is 11.7. The van der Waals surface area contributed by atoms with Crippen molar-refractivity contribution in [2.24, 2.45) is 5.10 Å². The predicted molar refractivity (Wildman–Crippen MR) is 79.2 cm³/mol. The number of hydrazone groups is 1. The van der Waals surface area contributed by atoms with Crippen LogP contribution in [0.3, 0.4) is 0 Å². The highest BCUT2D eigenvalue weighted by molar-refractivity contribution is 9.11. The first-order valence-corrected chi connectivity index (χ1v) is 7.09. The zero-order valence-electron chi connectivity index (χ0n) is 9.79. The lowest BCUT2D eigenvalue weighted by molar-refractivity contribution is -0.129. The molecule has 1 aromatic heterocycles. The van der Waals surface area contributed by atoms with Crippen LogP contribution in [0.15, 0.2) is 51.4 Å². The largest absolute Gasteiger partial charge is 0.378 e. The van der Waals surface area contributed by atoms with E-state index in [0.717, 1.165) is 8.66 Å². The number of hydrogen-bond donors (Lipinski definition) is 2. The van der Waals surface area contributed by atoms with Crippen molar-refractivity contribution in [2.75, 3.05) is 0 Å². The fraction of sp³-hybridized carbons (Fsp3) is 0.0769. The molecular weight excluding hydrogens is 328 g/mol. The van der Waals surface area contributed by atoms with Crippen molar-refractivity contribution >= 4 is 39.4 Å². The summed E-state index contributed by atoms with van der Waals surface area (Å²) >= 11 is 4.83. The Hall–Kier alpha value is -1.50. The summed E-state index contributed by atoms with van der Waals surface area (Å²) in [4.78, 5) is 12.6. The molecule has 19 heavy (non-hydrogen) atoms. The number of hydrogen-bond acceptors (Lipinski definition) is 4. The SMILES string of the molecule is O=C(N/N=C\c1ccc(Br)s1)[C@H](O)c1ccccc1. The topological polar surface area (TPSA) is 61.7 Å².